The minimum Gasteiger partial charge on any atom is -0.484 e. The van der Waals surface area contributed by atoms with E-state index >= 15 is 0 Å². The summed E-state index contributed by atoms with van der Waals surface area (Å²) >= 11 is 0. The Bertz CT molecular complexity index is 275. The third kappa shape index (κ3) is 1.11. The van der Waals surface area contributed by atoms with Gasteiger partial charge in [0.15, 0.2) is 5.75 Å². The van der Waals surface area contributed by atoms with Crippen molar-refractivity contribution in [3.8, 4) is 11.6 Å². The van der Waals surface area contributed by atoms with Crippen LogP contribution >= 0.6 is 0 Å². The standard InChI is InChI=1S/C7H8N2O2/c1-5-4-6-7(9-8-5)11-3-2-10-6/h4H,2-3H2,1H3. The zero-order chi connectivity index (χ0) is 7.68. The van der Waals surface area contributed by atoms with Crippen molar-refractivity contribution >= 4 is 0 Å². The largest absolute Gasteiger partial charge is 0.484 e. The highest BCUT2D eigenvalue weighted by atomic mass is 16.6. The van der Waals surface area contributed by atoms with Gasteiger partial charge in [0.2, 0.25) is 0 Å². The lowest BCUT2D eigenvalue weighted by atomic mass is 10.4. The Labute approximate surface area is 64.2 Å². The van der Waals surface area contributed by atoms with Gasteiger partial charge in [0.1, 0.15) is 13.2 Å². The van der Waals surface area contributed by atoms with E-state index in [2.05, 4.69) is 10.2 Å². The van der Waals surface area contributed by atoms with E-state index in [0.29, 0.717) is 24.8 Å². The predicted octanol–water partition coefficient (Wildman–Crippen LogP) is 0.556. The van der Waals surface area contributed by atoms with Crippen LogP contribution in [0.5, 0.6) is 11.6 Å². The molecule has 0 amide bonds. The van der Waals surface area contributed by atoms with Crippen molar-refractivity contribution in [1.29, 1.82) is 0 Å². The van der Waals surface area contributed by atoms with Crippen LogP contribution in [0.3, 0.4) is 0 Å². The summed E-state index contributed by atoms with van der Waals surface area (Å²) in [6.45, 7) is 3.02. The molecule has 0 spiro atoms. The summed E-state index contributed by atoms with van der Waals surface area (Å²) in [6.07, 6.45) is 0. The Kier molecular flexibility index (Phi) is 1.38. The number of rotatable bonds is 0. The third-order valence-corrected chi connectivity index (χ3v) is 1.43. The zero-order valence-corrected chi connectivity index (χ0v) is 6.20. The molecule has 1 aliphatic rings. The van der Waals surface area contributed by atoms with Crippen LogP contribution in [0.25, 0.3) is 0 Å². The van der Waals surface area contributed by atoms with E-state index < -0.39 is 0 Å². The highest BCUT2D eigenvalue weighted by Gasteiger charge is 2.12. The first kappa shape index (κ1) is 6.39. The molecule has 0 unspecified atom stereocenters. The molecule has 2 heterocycles. The van der Waals surface area contributed by atoms with Crippen LogP contribution in [0.2, 0.25) is 0 Å². The number of aromatic nitrogens is 2. The molecule has 4 nitrogen and oxygen atoms in total. The molecule has 0 bridgehead atoms. The van der Waals surface area contributed by atoms with E-state index in [0.717, 1.165) is 5.69 Å². The number of fused-ring (bicyclic) bond motifs is 1. The maximum absolute atomic E-state index is 5.28. The summed E-state index contributed by atoms with van der Waals surface area (Å²) in [5.41, 5.74) is 0.842. The Morgan fingerprint density at radius 2 is 2.09 bits per heavy atom. The quantitative estimate of drug-likeness (QED) is 0.544. The van der Waals surface area contributed by atoms with Gasteiger partial charge in [0.25, 0.3) is 5.88 Å². The number of hydrogen-bond donors (Lipinski definition) is 0. The lowest BCUT2D eigenvalue weighted by Gasteiger charge is -2.15. The normalized spacial score (nSPS) is 14.6. The van der Waals surface area contributed by atoms with Crippen molar-refractivity contribution < 1.29 is 9.47 Å². The van der Waals surface area contributed by atoms with E-state index in [4.69, 9.17) is 9.47 Å². The third-order valence-electron chi connectivity index (χ3n) is 1.43. The van der Waals surface area contributed by atoms with E-state index in [1.807, 2.05) is 13.0 Å². The summed E-state index contributed by atoms with van der Waals surface area (Å²) in [5, 5.41) is 7.66. The predicted molar refractivity (Wildman–Crippen MR) is 37.8 cm³/mol. The lowest BCUT2D eigenvalue weighted by molar-refractivity contribution is 0.162. The van der Waals surface area contributed by atoms with Gasteiger partial charge in [-0.25, -0.2) is 0 Å². The summed E-state index contributed by atoms with van der Waals surface area (Å²) in [6, 6.07) is 1.82. The molecule has 1 aliphatic heterocycles. The molecular formula is C7H8N2O2. The fraction of sp³-hybridized carbons (Fsp3) is 0.429. The Balaban J connectivity index is 2.43. The summed E-state index contributed by atoms with van der Waals surface area (Å²) in [5.74, 6) is 1.20. The molecule has 0 aliphatic carbocycles. The minimum atomic E-state index is 0.502. The van der Waals surface area contributed by atoms with Gasteiger partial charge >= 0.3 is 0 Å². The fourth-order valence-corrected chi connectivity index (χ4v) is 0.947. The Hall–Kier alpha value is -1.32. The average molecular weight is 152 g/mol. The highest BCUT2D eigenvalue weighted by Crippen LogP contribution is 2.26. The van der Waals surface area contributed by atoms with Crippen LogP contribution in [0, 0.1) is 6.92 Å². The second-order valence-corrected chi connectivity index (χ2v) is 2.35. The van der Waals surface area contributed by atoms with Gasteiger partial charge in [0.05, 0.1) is 5.69 Å². The molecule has 0 aromatic carbocycles. The van der Waals surface area contributed by atoms with Gasteiger partial charge in [-0.2, -0.15) is 5.10 Å². The van der Waals surface area contributed by atoms with Crippen LogP contribution in [0.1, 0.15) is 5.69 Å². The van der Waals surface area contributed by atoms with Gasteiger partial charge in [-0.15, -0.1) is 5.10 Å². The lowest BCUT2D eigenvalue weighted by Crippen LogP contribution is -2.16. The molecule has 2 rings (SSSR count). The molecule has 0 saturated heterocycles. The molecule has 0 fully saturated rings. The second kappa shape index (κ2) is 2.38. The SMILES string of the molecule is Cc1cc2c(nn1)OCCO2. The van der Waals surface area contributed by atoms with Crippen molar-refractivity contribution in [3.05, 3.63) is 11.8 Å². The highest BCUT2D eigenvalue weighted by molar-refractivity contribution is 5.33. The van der Waals surface area contributed by atoms with Crippen molar-refractivity contribution in [2.75, 3.05) is 13.2 Å². The molecule has 0 N–H and O–H groups in total. The van der Waals surface area contributed by atoms with Crippen LogP contribution in [-0.2, 0) is 0 Å². The van der Waals surface area contributed by atoms with Crippen molar-refractivity contribution in [3.63, 3.8) is 0 Å². The van der Waals surface area contributed by atoms with Crippen LogP contribution < -0.4 is 9.47 Å². The van der Waals surface area contributed by atoms with Crippen LogP contribution in [0.4, 0.5) is 0 Å². The molecule has 4 heteroatoms. The van der Waals surface area contributed by atoms with E-state index in [9.17, 15) is 0 Å². The first-order chi connectivity index (χ1) is 5.36. The molecular weight excluding hydrogens is 144 g/mol. The first-order valence-corrected chi connectivity index (χ1v) is 3.46. The number of aryl methyl sites for hydroxylation is 1. The van der Waals surface area contributed by atoms with Crippen LogP contribution in [0.15, 0.2) is 6.07 Å². The zero-order valence-electron chi connectivity index (χ0n) is 6.20. The monoisotopic (exact) mass is 152 g/mol. The van der Waals surface area contributed by atoms with Gasteiger partial charge in [-0.3, -0.25) is 0 Å². The maximum atomic E-state index is 5.28. The molecule has 0 atom stereocenters. The molecule has 58 valence electrons. The topological polar surface area (TPSA) is 44.2 Å². The van der Waals surface area contributed by atoms with Crippen molar-refractivity contribution in [2.45, 2.75) is 6.92 Å². The van der Waals surface area contributed by atoms with Crippen molar-refractivity contribution in [1.82, 2.24) is 10.2 Å². The minimum absolute atomic E-state index is 0.502. The van der Waals surface area contributed by atoms with Gasteiger partial charge < -0.3 is 9.47 Å². The van der Waals surface area contributed by atoms with Crippen molar-refractivity contribution in [2.24, 2.45) is 0 Å². The number of ether oxygens (including phenoxy) is 2. The molecule has 11 heavy (non-hydrogen) atoms. The second-order valence-electron chi connectivity index (χ2n) is 2.35. The molecule has 0 saturated carbocycles. The first-order valence-electron chi connectivity index (χ1n) is 3.46. The molecule has 1 aromatic heterocycles. The van der Waals surface area contributed by atoms with E-state index in [1.165, 1.54) is 0 Å². The smallest absolute Gasteiger partial charge is 0.276 e. The number of hydrogen-bond acceptors (Lipinski definition) is 4. The summed E-state index contributed by atoms with van der Waals surface area (Å²) in [4.78, 5) is 0. The Morgan fingerprint density at radius 1 is 1.27 bits per heavy atom. The van der Waals surface area contributed by atoms with E-state index in [1.54, 1.807) is 0 Å². The average Bonchev–Trinajstić information content (AvgIpc) is 2.04. The summed E-state index contributed by atoms with van der Waals surface area (Å²) in [7, 11) is 0. The molecule has 0 radical (unpaired) electrons. The molecule has 1 aromatic rings. The van der Waals surface area contributed by atoms with Gasteiger partial charge in [0, 0.05) is 6.07 Å². The fourth-order valence-electron chi connectivity index (χ4n) is 0.947. The van der Waals surface area contributed by atoms with Gasteiger partial charge in [-0.05, 0) is 6.92 Å². The van der Waals surface area contributed by atoms with E-state index in [-0.39, 0.29) is 0 Å². The number of nitrogens with zero attached hydrogens (tertiary/aromatic N) is 2. The Morgan fingerprint density at radius 3 is 3.00 bits per heavy atom. The van der Waals surface area contributed by atoms with Gasteiger partial charge in [-0.1, -0.05) is 0 Å². The van der Waals surface area contributed by atoms with Crippen LogP contribution in [-0.4, -0.2) is 23.4 Å². The maximum Gasteiger partial charge on any atom is 0.276 e. The summed E-state index contributed by atoms with van der Waals surface area (Å²) < 4.78 is 10.5.